The van der Waals surface area contributed by atoms with Crippen molar-refractivity contribution in [3.8, 4) is 0 Å². The molecule has 6 heteroatoms. The molecule has 1 saturated heterocycles. The third kappa shape index (κ3) is 2.94. The maximum atomic E-state index is 12.9. The van der Waals surface area contributed by atoms with E-state index in [1.807, 2.05) is 0 Å². The van der Waals surface area contributed by atoms with Crippen molar-refractivity contribution in [2.45, 2.75) is 19.9 Å². The van der Waals surface area contributed by atoms with Gasteiger partial charge < -0.3 is 9.80 Å². The topological polar surface area (TPSA) is 57.7 Å². The number of Topliss-reactive ketones (excluding diaryl/α,β-unsaturated/α-hetero) is 1. The van der Waals surface area contributed by atoms with Crippen molar-refractivity contribution in [3.63, 3.8) is 0 Å². The Bertz CT molecular complexity index is 571. The standard InChI is InChI=1S/C15H17FN2O3/c1-3-17-8-9-18(15(21)14(17)20)10(2)13(19)11-4-6-12(16)7-5-11/h4-7,10H,3,8-9H2,1-2H3. The number of amides is 2. The van der Waals surface area contributed by atoms with Crippen LogP contribution in [-0.4, -0.2) is 53.1 Å². The van der Waals surface area contributed by atoms with E-state index in [0.29, 0.717) is 25.2 Å². The minimum Gasteiger partial charge on any atom is -0.333 e. The van der Waals surface area contributed by atoms with Crippen LogP contribution in [0.1, 0.15) is 24.2 Å². The molecule has 1 unspecified atom stereocenters. The lowest BCUT2D eigenvalue weighted by Crippen LogP contribution is -2.58. The minimum absolute atomic E-state index is 0.305. The quantitative estimate of drug-likeness (QED) is 0.616. The summed E-state index contributed by atoms with van der Waals surface area (Å²) in [5, 5.41) is 0. The summed E-state index contributed by atoms with van der Waals surface area (Å²) in [6.07, 6.45) is 0. The zero-order valence-corrected chi connectivity index (χ0v) is 12.0. The molecule has 112 valence electrons. The molecule has 1 aliphatic heterocycles. The van der Waals surface area contributed by atoms with Gasteiger partial charge in [-0.2, -0.15) is 0 Å². The summed E-state index contributed by atoms with van der Waals surface area (Å²) in [5.74, 6) is -1.98. The van der Waals surface area contributed by atoms with Gasteiger partial charge in [0.05, 0.1) is 6.04 Å². The monoisotopic (exact) mass is 292 g/mol. The number of halogens is 1. The molecule has 1 aromatic rings. The molecule has 1 atom stereocenters. The van der Waals surface area contributed by atoms with Gasteiger partial charge in [-0.05, 0) is 38.1 Å². The maximum Gasteiger partial charge on any atom is 0.312 e. The third-order valence-corrected chi connectivity index (χ3v) is 3.70. The SMILES string of the molecule is CCN1CCN(C(C)C(=O)c2ccc(F)cc2)C(=O)C1=O. The van der Waals surface area contributed by atoms with Crippen LogP contribution in [0.4, 0.5) is 4.39 Å². The molecule has 0 radical (unpaired) electrons. The average molecular weight is 292 g/mol. The molecule has 1 aliphatic rings. The lowest BCUT2D eigenvalue weighted by Gasteiger charge is -2.36. The number of carbonyl (C=O) groups is 3. The Morgan fingerprint density at radius 1 is 1.19 bits per heavy atom. The molecule has 0 bridgehead atoms. The van der Waals surface area contributed by atoms with Crippen molar-refractivity contribution in [2.75, 3.05) is 19.6 Å². The molecule has 1 heterocycles. The summed E-state index contributed by atoms with van der Waals surface area (Å²) >= 11 is 0. The normalized spacial score (nSPS) is 17.1. The predicted octanol–water partition coefficient (Wildman–Crippen LogP) is 1.09. The molecular formula is C15H17FN2O3. The Morgan fingerprint density at radius 3 is 2.38 bits per heavy atom. The van der Waals surface area contributed by atoms with Crippen LogP contribution in [-0.2, 0) is 9.59 Å². The van der Waals surface area contributed by atoms with Gasteiger partial charge >= 0.3 is 11.8 Å². The van der Waals surface area contributed by atoms with E-state index < -0.39 is 23.7 Å². The molecule has 2 amide bonds. The van der Waals surface area contributed by atoms with Crippen molar-refractivity contribution in [3.05, 3.63) is 35.6 Å². The molecule has 0 N–H and O–H groups in total. The van der Waals surface area contributed by atoms with Crippen molar-refractivity contribution in [2.24, 2.45) is 0 Å². The highest BCUT2D eigenvalue weighted by Crippen LogP contribution is 2.14. The second-order valence-electron chi connectivity index (χ2n) is 4.93. The fourth-order valence-electron chi connectivity index (χ4n) is 2.36. The number of likely N-dealkylation sites (N-methyl/N-ethyl adjacent to an activating group) is 1. The van der Waals surface area contributed by atoms with E-state index in [4.69, 9.17) is 0 Å². The molecule has 5 nitrogen and oxygen atoms in total. The first-order valence-corrected chi connectivity index (χ1v) is 6.85. The molecule has 0 saturated carbocycles. The first-order valence-electron chi connectivity index (χ1n) is 6.85. The predicted molar refractivity (Wildman–Crippen MR) is 74.2 cm³/mol. The Morgan fingerprint density at radius 2 is 1.81 bits per heavy atom. The molecule has 1 aromatic carbocycles. The highest BCUT2D eigenvalue weighted by atomic mass is 19.1. The summed E-state index contributed by atoms with van der Waals surface area (Å²) in [6.45, 7) is 4.60. The van der Waals surface area contributed by atoms with Gasteiger partial charge in [0.1, 0.15) is 5.82 Å². The van der Waals surface area contributed by atoms with Gasteiger partial charge in [0, 0.05) is 25.2 Å². The van der Waals surface area contributed by atoms with Crippen LogP contribution in [0.5, 0.6) is 0 Å². The smallest absolute Gasteiger partial charge is 0.312 e. The van der Waals surface area contributed by atoms with E-state index >= 15 is 0 Å². The second kappa shape index (κ2) is 6.03. The first-order chi connectivity index (χ1) is 9.95. The summed E-state index contributed by atoms with van der Waals surface area (Å²) in [4.78, 5) is 38.9. The van der Waals surface area contributed by atoms with Gasteiger partial charge in [0.2, 0.25) is 0 Å². The van der Waals surface area contributed by atoms with Crippen LogP contribution in [0.2, 0.25) is 0 Å². The van der Waals surface area contributed by atoms with E-state index in [1.165, 1.54) is 34.1 Å². The zero-order chi connectivity index (χ0) is 15.6. The Labute approximate surface area is 122 Å². The van der Waals surface area contributed by atoms with E-state index in [0.717, 1.165) is 0 Å². The number of hydrogen-bond donors (Lipinski definition) is 0. The number of rotatable bonds is 4. The van der Waals surface area contributed by atoms with Gasteiger partial charge in [0.25, 0.3) is 0 Å². The summed E-state index contributed by atoms with van der Waals surface area (Å²) in [7, 11) is 0. The lowest BCUT2D eigenvalue weighted by atomic mass is 10.0. The fraction of sp³-hybridized carbons (Fsp3) is 0.400. The first kappa shape index (κ1) is 15.2. The Kier molecular flexibility index (Phi) is 4.35. The van der Waals surface area contributed by atoms with Crippen LogP contribution in [0.25, 0.3) is 0 Å². The van der Waals surface area contributed by atoms with Crippen LogP contribution >= 0.6 is 0 Å². The van der Waals surface area contributed by atoms with Crippen LogP contribution in [0, 0.1) is 5.82 Å². The van der Waals surface area contributed by atoms with Crippen molar-refractivity contribution in [1.29, 1.82) is 0 Å². The van der Waals surface area contributed by atoms with Crippen molar-refractivity contribution < 1.29 is 18.8 Å². The van der Waals surface area contributed by atoms with Gasteiger partial charge in [-0.1, -0.05) is 0 Å². The summed E-state index contributed by atoms with van der Waals surface area (Å²) < 4.78 is 12.9. The fourth-order valence-corrected chi connectivity index (χ4v) is 2.36. The molecule has 2 rings (SSSR count). The summed E-state index contributed by atoms with van der Waals surface area (Å²) in [6, 6.07) is 4.40. The Hall–Kier alpha value is -2.24. The van der Waals surface area contributed by atoms with E-state index in [2.05, 4.69) is 0 Å². The average Bonchev–Trinajstić information content (AvgIpc) is 2.49. The third-order valence-electron chi connectivity index (χ3n) is 3.70. The highest BCUT2D eigenvalue weighted by Gasteiger charge is 2.36. The second-order valence-corrected chi connectivity index (χ2v) is 4.93. The van der Waals surface area contributed by atoms with Crippen LogP contribution < -0.4 is 0 Å². The number of ketones is 1. The molecular weight excluding hydrogens is 275 g/mol. The number of piperazine rings is 1. The number of benzene rings is 1. The zero-order valence-electron chi connectivity index (χ0n) is 12.0. The van der Waals surface area contributed by atoms with Gasteiger partial charge in [0.15, 0.2) is 5.78 Å². The number of carbonyl (C=O) groups excluding carboxylic acids is 3. The van der Waals surface area contributed by atoms with Crippen molar-refractivity contribution in [1.82, 2.24) is 9.80 Å². The molecule has 1 fully saturated rings. The molecule has 0 aromatic heterocycles. The summed E-state index contributed by atoms with van der Waals surface area (Å²) in [5.41, 5.74) is 0.321. The number of hydrogen-bond acceptors (Lipinski definition) is 3. The minimum atomic E-state index is -0.745. The van der Waals surface area contributed by atoms with Crippen LogP contribution in [0.3, 0.4) is 0 Å². The lowest BCUT2D eigenvalue weighted by molar-refractivity contribution is -0.156. The molecule has 0 spiro atoms. The van der Waals surface area contributed by atoms with Gasteiger partial charge in [-0.25, -0.2) is 4.39 Å². The Balaban J connectivity index is 2.14. The van der Waals surface area contributed by atoms with E-state index in [-0.39, 0.29) is 5.78 Å². The highest BCUT2D eigenvalue weighted by molar-refractivity contribution is 6.36. The largest absolute Gasteiger partial charge is 0.333 e. The molecule has 0 aliphatic carbocycles. The van der Waals surface area contributed by atoms with E-state index in [9.17, 15) is 18.8 Å². The maximum absolute atomic E-state index is 12.9. The number of nitrogens with zero attached hydrogens (tertiary/aromatic N) is 2. The van der Waals surface area contributed by atoms with Gasteiger partial charge in [-0.3, -0.25) is 14.4 Å². The van der Waals surface area contributed by atoms with E-state index in [1.54, 1.807) is 13.8 Å². The van der Waals surface area contributed by atoms with Crippen molar-refractivity contribution >= 4 is 17.6 Å². The van der Waals surface area contributed by atoms with Gasteiger partial charge in [-0.15, -0.1) is 0 Å². The van der Waals surface area contributed by atoms with Crippen LogP contribution in [0.15, 0.2) is 24.3 Å². The molecule has 21 heavy (non-hydrogen) atoms.